The first-order valence-corrected chi connectivity index (χ1v) is 7.59. The lowest BCUT2D eigenvalue weighted by atomic mass is 10.1. The maximum Gasteiger partial charge on any atom is 0.245 e. The van der Waals surface area contributed by atoms with Crippen molar-refractivity contribution in [2.75, 3.05) is 13.1 Å². The van der Waals surface area contributed by atoms with E-state index >= 15 is 0 Å². The number of ketones is 1. The summed E-state index contributed by atoms with van der Waals surface area (Å²) in [5.74, 6) is -1.13. The van der Waals surface area contributed by atoms with Crippen molar-refractivity contribution in [1.29, 1.82) is 0 Å². The molecular formula is C14H26N4O4. The summed E-state index contributed by atoms with van der Waals surface area (Å²) < 4.78 is 0. The van der Waals surface area contributed by atoms with Crippen molar-refractivity contribution >= 4 is 17.6 Å². The van der Waals surface area contributed by atoms with Crippen LogP contribution in [0.25, 0.3) is 0 Å². The zero-order valence-corrected chi connectivity index (χ0v) is 13.1. The molecule has 1 fully saturated rings. The van der Waals surface area contributed by atoms with E-state index in [0.29, 0.717) is 12.8 Å². The van der Waals surface area contributed by atoms with Gasteiger partial charge in [0.15, 0.2) is 5.78 Å². The van der Waals surface area contributed by atoms with Crippen molar-refractivity contribution in [3.8, 4) is 0 Å². The molecule has 8 heteroatoms. The number of hydrogen-bond donors (Lipinski definition) is 5. The Bertz CT molecular complexity index is 408. The number of hydrogen-bond acceptors (Lipinski definition) is 6. The summed E-state index contributed by atoms with van der Waals surface area (Å²) in [7, 11) is 0. The zero-order valence-electron chi connectivity index (χ0n) is 13.1. The van der Waals surface area contributed by atoms with Crippen molar-refractivity contribution in [2.24, 2.45) is 5.73 Å². The van der Waals surface area contributed by atoms with Crippen LogP contribution >= 0.6 is 0 Å². The van der Waals surface area contributed by atoms with E-state index in [4.69, 9.17) is 5.73 Å². The Morgan fingerprint density at radius 3 is 2.50 bits per heavy atom. The van der Waals surface area contributed by atoms with E-state index in [1.54, 1.807) is 0 Å². The second-order valence-electron chi connectivity index (χ2n) is 5.62. The lowest BCUT2D eigenvalue weighted by molar-refractivity contribution is -0.134. The minimum Gasteiger partial charge on any atom is -0.391 e. The van der Waals surface area contributed by atoms with Crippen LogP contribution in [0.4, 0.5) is 0 Å². The van der Waals surface area contributed by atoms with Crippen LogP contribution in [0.3, 0.4) is 0 Å². The van der Waals surface area contributed by atoms with Gasteiger partial charge in [0.2, 0.25) is 11.8 Å². The maximum absolute atomic E-state index is 12.2. The first-order valence-electron chi connectivity index (χ1n) is 7.59. The van der Waals surface area contributed by atoms with Crippen molar-refractivity contribution in [2.45, 2.75) is 57.3 Å². The minimum absolute atomic E-state index is 0.216. The number of aliphatic hydroxyl groups excluding tert-OH is 1. The topological polar surface area (TPSA) is 134 Å². The fourth-order valence-corrected chi connectivity index (χ4v) is 2.37. The molecule has 1 aliphatic heterocycles. The van der Waals surface area contributed by atoms with E-state index in [2.05, 4.69) is 16.0 Å². The van der Waals surface area contributed by atoms with Crippen LogP contribution in [0, 0.1) is 0 Å². The van der Waals surface area contributed by atoms with Crippen molar-refractivity contribution in [3.05, 3.63) is 0 Å². The monoisotopic (exact) mass is 314 g/mol. The van der Waals surface area contributed by atoms with E-state index in [1.807, 2.05) is 0 Å². The predicted molar refractivity (Wildman–Crippen MR) is 80.9 cm³/mol. The van der Waals surface area contributed by atoms with Gasteiger partial charge in [-0.1, -0.05) is 0 Å². The van der Waals surface area contributed by atoms with E-state index in [0.717, 1.165) is 13.0 Å². The number of nitrogens with one attached hydrogen (secondary N) is 3. The van der Waals surface area contributed by atoms with Gasteiger partial charge in [-0.25, -0.2) is 0 Å². The average molecular weight is 314 g/mol. The number of carbonyl (C=O) groups excluding carboxylic acids is 3. The van der Waals surface area contributed by atoms with Crippen LogP contribution in [0.5, 0.6) is 0 Å². The molecule has 1 heterocycles. The molecular weight excluding hydrogens is 288 g/mol. The molecule has 6 N–H and O–H groups in total. The fourth-order valence-electron chi connectivity index (χ4n) is 2.37. The van der Waals surface area contributed by atoms with Crippen LogP contribution in [-0.4, -0.2) is 60.0 Å². The lowest BCUT2D eigenvalue weighted by Crippen LogP contribution is -2.58. The molecule has 0 bridgehead atoms. The number of nitrogens with two attached hydrogens (primary N) is 1. The van der Waals surface area contributed by atoms with Gasteiger partial charge in [-0.05, 0) is 46.2 Å². The van der Waals surface area contributed by atoms with Crippen LogP contribution in [0.1, 0.15) is 33.1 Å². The van der Waals surface area contributed by atoms with Gasteiger partial charge >= 0.3 is 0 Å². The Morgan fingerprint density at radius 2 is 2.05 bits per heavy atom. The summed E-state index contributed by atoms with van der Waals surface area (Å²) in [6, 6.07) is -2.16. The van der Waals surface area contributed by atoms with Crippen molar-refractivity contribution in [3.63, 3.8) is 0 Å². The smallest absolute Gasteiger partial charge is 0.245 e. The van der Waals surface area contributed by atoms with E-state index < -0.39 is 24.1 Å². The van der Waals surface area contributed by atoms with Gasteiger partial charge in [0.1, 0.15) is 6.04 Å². The van der Waals surface area contributed by atoms with Gasteiger partial charge in [-0.15, -0.1) is 0 Å². The number of aliphatic hydroxyl groups is 1. The van der Waals surface area contributed by atoms with Gasteiger partial charge in [0.05, 0.1) is 18.2 Å². The Kier molecular flexibility index (Phi) is 7.43. The highest BCUT2D eigenvalue weighted by Gasteiger charge is 2.31. The van der Waals surface area contributed by atoms with Gasteiger partial charge in [-0.2, -0.15) is 0 Å². The predicted octanol–water partition coefficient (Wildman–Crippen LogP) is -1.97. The van der Waals surface area contributed by atoms with Crippen LogP contribution in [0.2, 0.25) is 0 Å². The molecule has 0 saturated carbocycles. The van der Waals surface area contributed by atoms with Crippen molar-refractivity contribution < 1.29 is 19.5 Å². The second-order valence-corrected chi connectivity index (χ2v) is 5.62. The Labute approximate surface area is 130 Å². The molecule has 1 unspecified atom stereocenters. The molecule has 2 amide bonds. The summed E-state index contributed by atoms with van der Waals surface area (Å²) in [6.45, 7) is 3.78. The standard InChI is InChI=1S/C14H26N4O4/c1-8(19)10(5-6-15)17-14(22)12(9(2)20)18-13(21)11-4-3-7-16-11/h9-12,16,20H,3-7,15H2,1-2H3,(H,17,22)(H,18,21)/t9?,10-,11+,12-/m0/s1. The molecule has 8 nitrogen and oxygen atoms in total. The third-order valence-corrected chi connectivity index (χ3v) is 3.70. The molecule has 0 aliphatic carbocycles. The summed E-state index contributed by atoms with van der Waals surface area (Å²) in [5, 5.41) is 17.8. The quantitative estimate of drug-likeness (QED) is 0.353. The number of Topliss-reactive ketones (excluding diaryl/α,β-unsaturated/α-hetero) is 1. The number of carbonyl (C=O) groups is 3. The van der Waals surface area contributed by atoms with Crippen LogP contribution in [0.15, 0.2) is 0 Å². The summed E-state index contributed by atoms with van der Waals surface area (Å²) in [5.41, 5.74) is 5.41. The number of rotatable bonds is 8. The highest BCUT2D eigenvalue weighted by atomic mass is 16.3. The lowest BCUT2D eigenvalue weighted by Gasteiger charge is -2.25. The number of amides is 2. The third kappa shape index (κ3) is 5.36. The summed E-state index contributed by atoms with van der Waals surface area (Å²) >= 11 is 0. The zero-order chi connectivity index (χ0) is 16.7. The average Bonchev–Trinajstić information content (AvgIpc) is 2.97. The van der Waals surface area contributed by atoms with E-state index in [1.165, 1.54) is 13.8 Å². The first kappa shape index (κ1) is 18.5. The van der Waals surface area contributed by atoms with Gasteiger partial charge in [0, 0.05) is 0 Å². The molecule has 0 aromatic heterocycles. The van der Waals surface area contributed by atoms with Crippen LogP contribution in [-0.2, 0) is 14.4 Å². The summed E-state index contributed by atoms with van der Waals surface area (Å²) in [6.07, 6.45) is 0.831. The highest BCUT2D eigenvalue weighted by molar-refractivity contribution is 5.93. The Hall–Kier alpha value is -1.51. The van der Waals surface area contributed by atoms with Gasteiger partial charge in [0.25, 0.3) is 0 Å². The van der Waals surface area contributed by atoms with Crippen molar-refractivity contribution in [1.82, 2.24) is 16.0 Å². The van der Waals surface area contributed by atoms with Gasteiger partial charge < -0.3 is 26.8 Å². The van der Waals surface area contributed by atoms with Crippen LogP contribution < -0.4 is 21.7 Å². The molecule has 126 valence electrons. The minimum atomic E-state index is -1.10. The Morgan fingerprint density at radius 1 is 1.36 bits per heavy atom. The molecule has 1 saturated heterocycles. The highest BCUT2D eigenvalue weighted by Crippen LogP contribution is 2.06. The molecule has 4 atom stereocenters. The van der Waals surface area contributed by atoms with E-state index in [9.17, 15) is 19.5 Å². The second kappa shape index (κ2) is 8.82. The largest absolute Gasteiger partial charge is 0.391 e. The summed E-state index contributed by atoms with van der Waals surface area (Å²) in [4.78, 5) is 35.7. The third-order valence-electron chi connectivity index (χ3n) is 3.70. The molecule has 0 spiro atoms. The van der Waals surface area contributed by atoms with Gasteiger partial charge in [-0.3, -0.25) is 14.4 Å². The molecule has 0 aromatic rings. The molecule has 0 radical (unpaired) electrons. The fraction of sp³-hybridized carbons (Fsp3) is 0.786. The SMILES string of the molecule is CC(=O)[C@H](CCN)NC(=O)[C@@H](NC(=O)[C@H]1CCCN1)C(C)O. The van der Waals surface area contributed by atoms with E-state index in [-0.39, 0.29) is 24.3 Å². The molecule has 22 heavy (non-hydrogen) atoms. The first-order chi connectivity index (χ1) is 10.4. The normalized spacial score (nSPS) is 21.7. The molecule has 1 rings (SSSR count). The Balaban J connectivity index is 2.66. The molecule has 0 aromatic carbocycles. The molecule has 1 aliphatic rings. The maximum atomic E-state index is 12.2.